The molecule has 94 valence electrons. The van der Waals surface area contributed by atoms with Gasteiger partial charge in [0.2, 0.25) is 5.91 Å². The largest absolute Gasteiger partial charge is 0.387 e. The molecule has 2 N–H and O–H groups in total. The second-order valence-corrected chi connectivity index (χ2v) is 4.08. The van der Waals surface area contributed by atoms with E-state index in [4.69, 9.17) is 0 Å². The van der Waals surface area contributed by atoms with Crippen molar-refractivity contribution in [3.8, 4) is 0 Å². The lowest BCUT2D eigenvalue weighted by Gasteiger charge is -2.13. The maximum atomic E-state index is 13.0. The van der Waals surface area contributed by atoms with Gasteiger partial charge >= 0.3 is 0 Å². The van der Waals surface area contributed by atoms with Crippen LogP contribution in [0.1, 0.15) is 37.0 Å². The lowest BCUT2D eigenvalue weighted by molar-refractivity contribution is -0.121. The van der Waals surface area contributed by atoms with Crippen LogP contribution in [-0.4, -0.2) is 17.6 Å². The number of nitrogens with one attached hydrogen (secondary N) is 1. The fraction of sp³-hybridized carbons (Fsp3) is 0.462. The molecular formula is C13H18FNO2. The van der Waals surface area contributed by atoms with Crippen molar-refractivity contribution in [1.29, 1.82) is 0 Å². The Balaban J connectivity index is 2.54. The third-order valence-corrected chi connectivity index (χ3v) is 2.54. The zero-order valence-electron chi connectivity index (χ0n) is 10.2. The van der Waals surface area contributed by atoms with E-state index in [1.165, 1.54) is 12.1 Å². The van der Waals surface area contributed by atoms with Gasteiger partial charge in [0.1, 0.15) is 5.82 Å². The van der Waals surface area contributed by atoms with Crippen LogP contribution in [0.2, 0.25) is 0 Å². The Labute approximate surface area is 101 Å². The zero-order valence-corrected chi connectivity index (χ0v) is 10.2. The molecule has 1 amide bonds. The molecule has 17 heavy (non-hydrogen) atoms. The molecule has 0 heterocycles. The number of rotatable bonds is 5. The number of halogens is 1. The van der Waals surface area contributed by atoms with E-state index < -0.39 is 6.10 Å². The van der Waals surface area contributed by atoms with Crippen LogP contribution in [0, 0.1) is 12.7 Å². The second-order valence-electron chi connectivity index (χ2n) is 4.08. The second kappa shape index (κ2) is 6.35. The minimum Gasteiger partial charge on any atom is -0.387 e. The molecule has 1 rings (SSSR count). The Morgan fingerprint density at radius 3 is 2.82 bits per heavy atom. The number of hydrogen-bond acceptors (Lipinski definition) is 2. The van der Waals surface area contributed by atoms with Crippen LogP contribution in [0.4, 0.5) is 4.39 Å². The predicted molar refractivity (Wildman–Crippen MR) is 64.0 cm³/mol. The van der Waals surface area contributed by atoms with E-state index in [2.05, 4.69) is 5.32 Å². The van der Waals surface area contributed by atoms with Gasteiger partial charge in [-0.1, -0.05) is 19.1 Å². The zero-order chi connectivity index (χ0) is 12.8. The summed E-state index contributed by atoms with van der Waals surface area (Å²) in [6.45, 7) is 3.71. The maximum absolute atomic E-state index is 13.0. The summed E-state index contributed by atoms with van der Waals surface area (Å²) in [4.78, 5) is 11.2. The standard InChI is InChI=1S/C13H18FNO2/c1-3-4-13(17)15-8-12(16)10-5-6-11(14)9(2)7-10/h5-7,12,16H,3-4,8H2,1-2H3,(H,15,17). The van der Waals surface area contributed by atoms with Crippen molar-refractivity contribution in [2.75, 3.05) is 6.54 Å². The minimum absolute atomic E-state index is 0.0783. The van der Waals surface area contributed by atoms with Crippen molar-refractivity contribution in [2.45, 2.75) is 32.8 Å². The summed E-state index contributed by atoms with van der Waals surface area (Å²) in [5.41, 5.74) is 1.10. The van der Waals surface area contributed by atoms with Crippen LogP contribution in [-0.2, 0) is 4.79 Å². The average Bonchev–Trinajstić information content (AvgIpc) is 2.30. The molecule has 0 bridgehead atoms. The molecule has 4 heteroatoms. The topological polar surface area (TPSA) is 49.3 Å². The van der Waals surface area contributed by atoms with Crippen molar-refractivity contribution in [3.05, 3.63) is 35.1 Å². The summed E-state index contributed by atoms with van der Waals surface area (Å²) < 4.78 is 13.0. The average molecular weight is 239 g/mol. The van der Waals surface area contributed by atoms with Gasteiger partial charge in [0, 0.05) is 13.0 Å². The lowest BCUT2D eigenvalue weighted by atomic mass is 10.1. The van der Waals surface area contributed by atoms with Gasteiger partial charge in [-0.2, -0.15) is 0 Å². The van der Waals surface area contributed by atoms with Crippen LogP contribution in [0.15, 0.2) is 18.2 Å². The molecule has 0 aliphatic heterocycles. The van der Waals surface area contributed by atoms with E-state index in [9.17, 15) is 14.3 Å². The van der Waals surface area contributed by atoms with Gasteiger partial charge in [0.15, 0.2) is 0 Å². The van der Waals surface area contributed by atoms with Gasteiger partial charge in [-0.15, -0.1) is 0 Å². The van der Waals surface area contributed by atoms with Gasteiger partial charge < -0.3 is 10.4 Å². The fourth-order valence-electron chi connectivity index (χ4n) is 1.52. The molecular weight excluding hydrogens is 221 g/mol. The number of amides is 1. The first-order valence-corrected chi connectivity index (χ1v) is 5.75. The Hall–Kier alpha value is -1.42. The van der Waals surface area contributed by atoms with E-state index in [-0.39, 0.29) is 18.3 Å². The number of carbonyl (C=O) groups is 1. The van der Waals surface area contributed by atoms with E-state index in [0.717, 1.165) is 6.42 Å². The summed E-state index contributed by atoms with van der Waals surface area (Å²) >= 11 is 0. The molecule has 1 unspecified atom stereocenters. The molecule has 1 aromatic carbocycles. The van der Waals surface area contributed by atoms with Crippen LogP contribution in [0.5, 0.6) is 0 Å². The molecule has 0 spiro atoms. The summed E-state index contributed by atoms with van der Waals surface area (Å²) in [5.74, 6) is -0.374. The van der Waals surface area contributed by atoms with Crippen molar-refractivity contribution in [2.24, 2.45) is 0 Å². The number of aryl methyl sites for hydroxylation is 1. The maximum Gasteiger partial charge on any atom is 0.220 e. The molecule has 0 saturated heterocycles. The van der Waals surface area contributed by atoms with Gasteiger partial charge in [0.25, 0.3) is 0 Å². The van der Waals surface area contributed by atoms with E-state index in [1.807, 2.05) is 6.92 Å². The number of benzene rings is 1. The van der Waals surface area contributed by atoms with Crippen molar-refractivity contribution < 1.29 is 14.3 Å². The molecule has 1 aromatic rings. The van der Waals surface area contributed by atoms with Crippen LogP contribution < -0.4 is 5.32 Å². The fourth-order valence-corrected chi connectivity index (χ4v) is 1.52. The summed E-state index contributed by atoms with van der Waals surface area (Å²) in [7, 11) is 0. The summed E-state index contributed by atoms with van der Waals surface area (Å²) in [6.07, 6.45) is 0.433. The van der Waals surface area contributed by atoms with Crippen molar-refractivity contribution >= 4 is 5.91 Å². The Morgan fingerprint density at radius 2 is 2.24 bits per heavy atom. The first kappa shape index (κ1) is 13.6. The third-order valence-electron chi connectivity index (χ3n) is 2.54. The van der Waals surface area contributed by atoms with Gasteiger partial charge in [-0.25, -0.2) is 4.39 Å². The molecule has 0 saturated carbocycles. The monoisotopic (exact) mass is 239 g/mol. The third kappa shape index (κ3) is 4.15. The van der Waals surface area contributed by atoms with E-state index in [1.54, 1.807) is 13.0 Å². The highest BCUT2D eigenvalue weighted by Crippen LogP contribution is 2.16. The highest BCUT2D eigenvalue weighted by atomic mass is 19.1. The number of hydrogen-bond donors (Lipinski definition) is 2. The van der Waals surface area contributed by atoms with Crippen LogP contribution >= 0.6 is 0 Å². The van der Waals surface area contributed by atoms with E-state index in [0.29, 0.717) is 17.5 Å². The molecule has 0 aliphatic rings. The highest BCUT2D eigenvalue weighted by Gasteiger charge is 2.10. The molecule has 1 atom stereocenters. The number of carbonyl (C=O) groups excluding carboxylic acids is 1. The van der Waals surface area contributed by atoms with Crippen molar-refractivity contribution in [3.63, 3.8) is 0 Å². The number of aliphatic hydroxyl groups is 1. The lowest BCUT2D eigenvalue weighted by Crippen LogP contribution is -2.28. The smallest absolute Gasteiger partial charge is 0.220 e. The van der Waals surface area contributed by atoms with Gasteiger partial charge in [-0.3, -0.25) is 4.79 Å². The Bertz CT molecular complexity index is 393. The molecule has 0 aromatic heterocycles. The van der Waals surface area contributed by atoms with Crippen LogP contribution in [0.3, 0.4) is 0 Å². The SMILES string of the molecule is CCCC(=O)NCC(O)c1ccc(F)c(C)c1. The van der Waals surface area contributed by atoms with Crippen molar-refractivity contribution in [1.82, 2.24) is 5.32 Å². The summed E-state index contributed by atoms with van der Waals surface area (Å²) in [5, 5.41) is 12.4. The quantitative estimate of drug-likeness (QED) is 0.826. The minimum atomic E-state index is -0.796. The van der Waals surface area contributed by atoms with Gasteiger partial charge in [-0.05, 0) is 30.5 Å². The highest BCUT2D eigenvalue weighted by molar-refractivity contribution is 5.75. The molecule has 0 aliphatic carbocycles. The predicted octanol–water partition coefficient (Wildman–Crippen LogP) is 2.08. The van der Waals surface area contributed by atoms with Gasteiger partial charge in [0.05, 0.1) is 6.10 Å². The summed E-state index contributed by atoms with van der Waals surface area (Å²) in [6, 6.07) is 4.44. The molecule has 0 fully saturated rings. The first-order chi connectivity index (χ1) is 8.04. The van der Waals surface area contributed by atoms with E-state index >= 15 is 0 Å². The Kier molecular flexibility index (Phi) is 5.10. The molecule has 0 radical (unpaired) electrons. The number of aliphatic hydroxyl groups excluding tert-OH is 1. The normalized spacial score (nSPS) is 12.2. The Morgan fingerprint density at radius 1 is 1.53 bits per heavy atom. The molecule has 3 nitrogen and oxygen atoms in total. The first-order valence-electron chi connectivity index (χ1n) is 5.75. The van der Waals surface area contributed by atoms with Crippen LogP contribution in [0.25, 0.3) is 0 Å².